The first kappa shape index (κ1) is 14.2. The maximum absolute atomic E-state index is 11.7. The van der Waals surface area contributed by atoms with Gasteiger partial charge in [-0.2, -0.15) is 0 Å². The highest BCUT2D eigenvalue weighted by Crippen LogP contribution is 2.17. The van der Waals surface area contributed by atoms with Crippen molar-refractivity contribution < 1.29 is 9.53 Å². The summed E-state index contributed by atoms with van der Waals surface area (Å²) in [5, 5.41) is 3.34. The van der Waals surface area contributed by atoms with E-state index >= 15 is 0 Å². The molecule has 0 radical (unpaired) electrons. The quantitative estimate of drug-likeness (QED) is 0.850. The molecule has 0 bridgehead atoms. The number of benzene rings is 2. The Morgan fingerprint density at radius 2 is 1.95 bits per heavy atom. The molecule has 0 aromatic heterocycles. The van der Waals surface area contributed by atoms with Crippen molar-refractivity contribution in [2.75, 3.05) is 17.7 Å². The molecule has 5 heteroatoms. The molecule has 0 saturated carbocycles. The fourth-order valence-corrected chi connectivity index (χ4v) is 1.72. The number of carbonyl (C=O) groups is 1. The zero-order chi connectivity index (χ0) is 14.5. The van der Waals surface area contributed by atoms with Crippen LogP contribution in [0.15, 0.2) is 42.5 Å². The van der Waals surface area contributed by atoms with Gasteiger partial charge in [-0.05, 0) is 48.9 Å². The van der Waals surface area contributed by atoms with Crippen LogP contribution in [0.4, 0.5) is 11.4 Å². The van der Waals surface area contributed by atoms with E-state index < -0.39 is 0 Å². The average Bonchev–Trinajstić information content (AvgIpc) is 2.42. The molecule has 0 unspecified atom stereocenters. The zero-order valence-corrected chi connectivity index (χ0v) is 11.8. The Bertz CT molecular complexity index is 612. The maximum atomic E-state index is 11.7. The van der Waals surface area contributed by atoms with Crippen molar-refractivity contribution in [2.45, 2.75) is 6.92 Å². The van der Waals surface area contributed by atoms with Crippen molar-refractivity contribution in [3.63, 3.8) is 0 Å². The number of rotatable bonds is 4. The lowest BCUT2D eigenvalue weighted by Gasteiger charge is -2.09. The van der Waals surface area contributed by atoms with Crippen molar-refractivity contribution in [2.24, 2.45) is 0 Å². The molecular formula is C15H15ClN2O2. The first-order chi connectivity index (χ1) is 9.54. The van der Waals surface area contributed by atoms with E-state index in [1.54, 1.807) is 36.4 Å². The van der Waals surface area contributed by atoms with Gasteiger partial charge in [-0.25, -0.2) is 0 Å². The van der Waals surface area contributed by atoms with Crippen LogP contribution in [-0.4, -0.2) is 12.5 Å². The van der Waals surface area contributed by atoms with Crippen molar-refractivity contribution in [1.82, 2.24) is 0 Å². The van der Waals surface area contributed by atoms with Crippen LogP contribution in [-0.2, 0) is 4.79 Å². The number of nitrogens with one attached hydrogen (secondary N) is 1. The van der Waals surface area contributed by atoms with E-state index in [4.69, 9.17) is 22.1 Å². The summed E-state index contributed by atoms with van der Waals surface area (Å²) in [6.45, 7) is 1.83. The number of anilines is 2. The first-order valence-electron chi connectivity index (χ1n) is 6.09. The Labute approximate surface area is 122 Å². The summed E-state index contributed by atoms with van der Waals surface area (Å²) in [7, 11) is 0. The fraction of sp³-hybridized carbons (Fsp3) is 0.133. The predicted molar refractivity (Wildman–Crippen MR) is 81.2 cm³/mol. The van der Waals surface area contributed by atoms with Crippen molar-refractivity contribution in [3.8, 4) is 5.75 Å². The molecule has 104 valence electrons. The Balaban J connectivity index is 1.89. The largest absolute Gasteiger partial charge is 0.484 e. The number of nitrogens with two attached hydrogens (primary N) is 1. The third-order valence-electron chi connectivity index (χ3n) is 2.75. The van der Waals surface area contributed by atoms with Crippen LogP contribution in [0.2, 0.25) is 5.02 Å². The maximum Gasteiger partial charge on any atom is 0.262 e. The Hall–Kier alpha value is -2.20. The van der Waals surface area contributed by atoms with Gasteiger partial charge in [0.1, 0.15) is 5.75 Å². The molecule has 0 spiro atoms. The lowest BCUT2D eigenvalue weighted by Crippen LogP contribution is -2.20. The van der Waals surface area contributed by atoms with Crippen LogP contribution >= 0.6 is 11.6 Å². The highest BCUT2D eigenvalue weighted by atomic mass is 35.5. The van der Waals surface area contributed by atoms with Gasteiger partial charge in [0.05, 0.1) is 0 Å². The standard InChI is InChI=1S/C15H15ClN2O2/c1-10-2-5-12(8-14(10)17)18-15(19)9-20-13-6-3-11(16)4-7-13/h2-8H,9,17H2,1H3,(H,18,19). The van der Waals surface area contributed by atoms with E-state index in [9.17, 15) is 4.79 Å². The van der Waals surface area contributed by atoms with Crippen LogP contribution in [0.25, 0.3) is 0 Å². The summed E-state index contributed by atoms with van der Waals surface area (Å²) < 4.78 is 5.35. The molecule has 2 rings (SSSR count). The normalized spacial score (nSPS) is 10.1. The van der Waals surface area contributed by atoms with Crippen LogP contribution < -0.4 is 15.8 Å². The monoisotopic (exact) mass is 290 g/mol. The third-order valence-corrected chi connectivity index (χ3v) is 3.00. The number of ether oxygens (including phenoxy) is 1. The number of aryl methyl sites for hydroxylation is 1. The molecule has 0 atom stereocenters. The lowest BCUT2D eigenvalue weighted by atomic mass is 10.2. The summed E-state index contributed by atoms with van der Waals surface area (Å²) in [6.07, 6.45) is 0. The van der Waals surface area contributed by atoms with E-state index in [1.807, 2.05) is 13.0 Å². The van der Waals surface area contributed by atoms with Gasteiger partial charge in [-0.1, -0.05) is 17.7 Å². The number of hydrogen-bond acceptors (Lipinski definition) is 3. The van der Waals surface area contributed by atoms with Gasteiger partial charge in [0.25, 0.3) is 5.91 Å². The smallest absolute Gasteiger partial charge is 0.262 e. The van der Waals surface area contributed by atoms with Crippen LogP contribution in [0.3, 0.4) is 0 Å². The second-order valence-electron chi connectivity index (χ2n) is 4.36. The first-order valence-corrected chi connectivity index (χ1v) is 6.47. The number of amides is 1. The molecule has 0 aliphatic carbocycles. The van der Waals surface area contributed by atoms with Gasteiger partial charge in [0, 0.05) is 16.4 Å². The molecule has 4 nitrogen and oxygen atoms in total. The van der Waals surface area contributed by atoms with Gasteiger partial charge in [0.2, 0.25) is 0 Å². The second kappa shape index (κ2) is 6.30. The molecule has 2 aromatic rings. The second-order valence-corrected chi connectivity index (χ2v) is 4.80. The van der Waals surface area contributed by atoms with Crippen molar-refractivity contribution >= 4 is 28.9 Å². The summed E-state index contributed by atoms with van der Waals surface area (Å²) >= 11 is 5.76. The molecule has 0 heterocycles. The van der Waals surface area contributed by atoms with Crippen LogP contribution in [0.1, 0.15) is 5.56 Å². The van der Waals surface area contributed by atoms with Gasteiger partial charge in [0.15, 0.2) is 6.61 Å². The number of nitrogen functional groups attached to an aromatic ring is 1. The predicted octanol–water partition coefficient (Wildman–Crippen LogP) is 3.25. The Morgan fingerprint density at radius 1 is 1.25 bits per heavy atom. The van der Waals surface area contributed by atoms with Crippen molar-refractivity contribution in [3.05, 3.63) is 53.1 Å². The molecule has 3 N–H and O–H groups in total. The minimum absolute atomic E-state index is 0.0740. The molecule has 0 saturated heterocycles. The number of carbonyl (C=O) groups excluding carboxylic acids is 1. The summed E-state index contributed by atoms with van der Waals surface area (Å²) in [5.41, 5.74) is 8.04. The zero-order valence-electron chi connectivity index (χ0n) is 11.0. The molecule has 2 aromatic carbocycles. The number of hydrogen-bond donors (Lipinski definition) is 2. The minimum atomic E-state index is -0.247. The highest BCUT2D eigenvalue weighted by Gasteiger charge is 2.05. The highest BCUT2D eigenvalue weighted by molar-refractivity contribution is 6.30. The van der Waals surface area contributed by atoms with Crippen LogP contribution in [0, 0.1) is 6.92 Å². The van der Waals surface area contributed by atoms with Gasteiger partial charge < -0.3 is 15.8 Å². The van der Waals surface area contributed by atoms with E-state index in [2.05, 4.69) is 5.32 Å². The molecule has 0 aliphatic heterocycles. The summed E-state index contributed by atoms with van der Waals surface area (Å²) in [4.78, 5) is 11.7. The molecule has 0 fully saturated rings. The minimum Gasteiger partial charge on any atom is -0.484 e. The van der Waals surface area contributed by atoms with Crippen LogP contribution in [0.5, 0.6) is 5.75 Å². The van der Waals surface area contributed by atoms with Gasteiger partial charge >= 0.3 is 0 Å². The molecule has 1 amide bonds. The molecule has 0 aliphatic rings. The van der Waals surface area contributed by atoms with E-state index in [-0.39, 0.29) is 12.5 Å². The summed E-state index contributed by atoms with van der Waals surface area (Å²) in [6, 6.07) is 12.2. The lowest BCUT2D eigenvalue weighted by molar-refractivity contribution is -0.118. The topological polar surface area (TPSA) is 64.3 Å². The average molecular weight is 291 g/mol. The Morgan fingerprint density at radius 3 is 2.60 bits per heavy atom. The Kier molecular flexibility index (Phi) is 4.48. The number of halogens is 1. The SMILES string of the molecule is Cc1ccc(NC(=O)COc2ccc(Cl)cc2)cc1N. The van der Waals surface area contributed by atoms with E-state index in [0.29, 0.717) is 22.1 Å². The summed E-state index contributed by atoms with van der Waals surface area (Å²) in [5.74, 6) is 0.344. The van der Waals surface area contributed by atoms with E-state index in [0.717, 1.165) is 5.56 Å². The van der Waals surface area contributed by atoms with Crippen molar-refractivity contribution in [1.29, 1.82) is 0 Å². The fourth-order valence-electron chi connectivity index (χ4n) is 1.60. The van der Waals surface area contributed by atoms with E-state index in [1.165, 1.54) is 0 Å². The molecular weight excluding hydrogens is 276 g/mol. The van der Waals surface area contributed by atoms with Gasteiger partial charge in [-0.3, -0.25) is 4.79 Å². The van der Waals surface area contributed by atoms with Gasteiger partial charge in [-0.15, -0.1) is 0 Å². The molecule has 20 heavy (non-hydrogen) atoms. The third kappa shape index (κ3) is 3.90.